The number of nitrogens with one attached hydrogen (secondary N) is 1. The number of alkyl halides is 3. The van der Waals surface area contributed by atoms with E-state index in [-0.39, 0.29) is 21.3 Å². The molecule has 2 rings (SSSR count). The molecule has 0 heterocycles. The second kappa shape index (κ2) is 7.97. The van der Waals surface area contributed by atoms with Crippen LogP contribution in [0.1, 0.15) is 22.8 Å². The number of amides is 1. The summed E-state index contributed by atoms with van der Waals surface area (Å²) in [4.78, 5) is 24.1. The van der Waals surface area contributed by atoms with Gasteiger partial charge in [0.25, 0.3) is 5.91 Å². The predicted molar refractivity (Wildman–Crippen MR) is 91.4 cm³/mol. The highest BCUT2D eigenvalue weighted by atomic mass is 35.5. The van der Waals surface area contributed by atoms with Crippen LogP contribution in [0.4, 0.5) is 18.9 Å². The third-order valence-corrected chi connectivity index (χ3v) is 3.67. The molecule has 138 valence electrons. The van der Waals surface area contributed by atoms with Gasteiger partial charge < -0.3 is 10.1 Å². The number of rotatable bonds is 4. The van der Waals surface area contributed by atoms with Crippen LogP contribution in [0.3, 0.4) is 0 Å². The van der Waals surface area contributed by atoms with Gasteiger partial charge in [-0.25, -0.2) is 4.79 Å². The largest absolute Gasteiger partial charge is 0.449 e. The monoisotopic (exact) mass is 405 g/mol. The lowest BCUT2D eigenvalue weighted by atomic mass is 10.2. The molecule has 26 heavy (non-hydrogen) atoms. The van der Waals surface area contributed by atoms with Gasteiger partial charge in [-0.1, -0.05) is 23.2 Å². The molecule has 1 amide bonds. The maximum absolute atomic E-state index is 12.5. The molecule has 2 aromatic rings. The fraction of sp³-hybridized carbons (Fsp3) is 0.176. The SMILES string of the molecule is C[C@@H](OC(=O)c1cc(Cl)cc(Cl)c1)C(=O)Nc1ccc(C(F)(F)F)cc1. The van der Waals surface area contributed by atoms with Crippen molar-refractivity contribution < 1.29 is 27.5 Å². The number of carbonyl (C=O) groups is 2. The predicted octanol–water partition coefficient (Wildman–Crippen LogP) is 5.20. The van der Waals surface area contributed by atoms with Gasteiger partial charge in [0.05, 0.1) is 11.1 Å². The van der Waals surface area contributed by atoms with Crippen LogP contribution in [0.25, 0.3) is 0 Å². The second-order valence-corrected chi connectivity index (χ2v) is 6.14. The van der Waals surface area contributed by atoms with Gasteiger partial charge in [-0.2, -0.15) is 13.2 Å². The summed E-state index contributed by atoms with van der Waals surface area (Å²) in [6.07, 6.45) is -5.66. The molecule has 0 aliphatic carbocycles. The Morgan fingerprint density at radius 3 is 2.08 bits per heavy atom. The van der Waals surface area contributed by atoms with Crippen molar-refractivity contribution in [2.24, 2.45) is 0 Å². The first-order valence-electron chi connectivity index (χ1n) is 7.21. The fourth-order valence-corrected chi connectivity index (χ4v) is 2.47. The van der Waals surface area contributed by atoms with Crippen molar-refractivity contribution in [3.05, 3.63) is 63.6 Å². The summed E-state index contributed by atoms with van der Waals surface area (Å²) in [5.74, 6) is -1.52. The van der Waals surface area contributed by atoms with Crippen LogP contribution in [-0.2, 0) is 15.7 Å². The molecule has 0 spiro atoms. The molecule has 0 aliphatic rings. The van der Waals surface area contributed by atoms with Gasteiger partial charge in [-0.3, -0.25) is 4.79 Å². The number of ether oxygens (including phenoxy) is 1. The Morgan fingerprint density at radius 2 is 1.58 bits per heavy atom. The van der Waals surface area contributed by atoms with Crippen LogP contribution < -0.4 is 5.32 Å². The molecular weight excluding hydrogens is 394 g/mol. The number of carbonyl (C=O) groups excluding carboxylic acids is 2. The normalized spacial score (nSPS) is 12.4. The van der Waals surface area contributed by atoms with Gasteiger partial charge in [0.2, 0.25) is 0 Å². The summed E-state index contributed by atoms with van der Waals surface area (Å²) in [5.41, 5.74) is -0.638. The molecule has 0 bridgehead atoms. The van der Waals surface area contributed by atoms with Crippen molar-refractivity contribution >= 4 is 40.8 Å². The van der Waals surface area contributed by atoms with E-state index in [2.05, 4.69) is 5.32 Å². The summed E-state index contributed by atoms with van der Waals surface area (Å²) in [6.45, 7) is 1.32. The molecule has 0 saturated heterocycles. The second-order valence-electron chi connectivity index (χ2n) is 5.27. The highest BCUT2D eigenvalue weighted by Crippen LogP contribution is 2.29. The van der Waals surface area contributed by atoms with Crippen molar-refractivity contribution in [1.82, 2.24) is 0 Å². The number of anilines is 1. The van der Waals surface area contributed by atoms with Crippen LogP contribution in [0.2, 0.25) is 10.0 Å². The summed E-state index contributed by atoms with van der Waals surface area (Å²) in [5, 5.41) is 2.82. The number of hydrogen-bond acceptors (Lipinski definition) is 3. The highest BCUT2D eigenvalue weighted by Gasteiger charge is 2.30. The van der Waals surface area contributed by atoms with E-state index in [0.29, 0.717) is 0 Å². The van der Waals surface area contributed by atoms with E-state index in [1.54, 1.807) is 0 Å². The minimum absolute atomic E-state index is 0.0664. The zero-order valence-corrected chi connectivity index (χ0v) is 14.7. The zero-order chi connectivity index (χ0) is 19.5. The third-order valence-electron chi connectivity index (χ3n) is 3.23. The maximum Gasteiger partial charge on any atom is 0.416 e. The first-order chi connectivity index (χ1) is 12.1. The Balaban J connectivity index is 2.00. The summed E-state index contributed by atoms with van der Waals surface area (Å²) >= 11 is 11.6. The Bertz CT molecular complexity index is 803. The number of esters is 1. The Kier molecular flexibility index (Phi) is 6.15. The Labute approximate surface area is 156 Å². The minimum atomic E-state index is -4.47. The first-order valence-corrected chi connectivity index (χ1v) is 7.97. The van der Waals surface area contributed by atoms with Crippen molar-refractivity contribution in [2.45, 2.75) is 19.2 Å². The lowest BCUT2D eigenvalue weighted by Crippen LogP contribution is -2.30. The molecule has 0 aromatic heterocycles. The number of halogens is 5. The van der Waals surface area contributed by atoms with E-state index in [1.165, 1.54) is 25.1 Å². The molecule has 0 aliphatic heterocycles. The van der Waals surface area contributed by atoms with Gasteiger partial charge in [-0.15, -0.1) is 0 Å². The van der Waals surface area contributed by atoms with Crippen LogP contribution in [-0.4, -0.2) is 18.0 Å². The van der Waals surface area contributed by atoms with Crippen molar-refractivity contribution in [3.8, 4) is 0 Å². The topological polar surface area (TPSA) is 55.4 Å². The number of hydrogen-bond donors (Lipinski definition) is 1. The maximum atomic E-state index is 12.5. The number of benzene rings is 2. The molecule has 4 nitrogen and oxygen atoms in total. The van der Waals surface area contributed by atoms with E-state index in [0.717, 1.165) is 24.3 Å². The zero-order valence-electron chi connectivity index (χ0n) is 13.2. The molecule has 0 unspecified atom stereocenters. The summed E-state index contributed by atoms with van der Waals surface area (Å²) in [6, 6.07) is 7.96. The lowest BCUT2D eigenvalue weighted by molar-refractivity contribution is -0.137. The van der Waals surface area contributed by atoms with Gasteiger partial charge in [-0.05, 0) is 49.4 Å². The van der Waals surface area contributed by atoms with Gasteiger partial charge >= 0.3 is 12.1 Å². The van der Waals surface area contributed by atoms with Crippen molar-refractivity contribution in [3.63, 3.8) is 0 Å². The first kappa shape index (κ1) is 20.1. The van der Waals surface area contributed by atoms with E-state index < -0.39 is 29.7 Å². The Hall–Kier alpha value is -2.25. The van der Waals surface area contributed by atoms with Crippen molar-refractivity contribution in [2.75, 3.05) is 5.32 Å². The molecule has 1 atom stereocenters. The lowest BCUT2D eigenvalue weighted by Gasteiger charge is -2.14. The van der Waals surface area contributed by atoms with Crippen LogP contribution in [0.5, 0.6) is 0 Å². The van der Waals surface area contributed by atoms with E-state index in [4.69, 9.17) is 27.9 Å². The van der Waals surface area contributed by atoms with E-state index in [1.807, 2.05) is 0 Å². The summed E-state index contributed by atoms with van der Waals surface area (Å²) < 4.78 is 42.5. The van der Waals surface area contributed by atoms with E-state index >= 15 is 0 Å². The molecule has 9 heteroatoms. The molecule has 0 fully saturated rings. The van der Waals surface area contributed by atoms with Gasteiger partial charge in [0.1, 0.15) is 0 Å². The van der Waals surface area contributed by atoms with Crippen molar-refractivity contribution in [1.29, 1.82) is 0 Å². The molecule has 1 N–H and O–H groups in total. The average molecular weight is 406 g/mol. The highest BCUT2D eigenvalue weighted by molar-refractivity contribution is 6.35. The Morgan fingerprint density at radius 1 is 1.04 bits per heavy atom. The summed E-state index contributed by atoms with van der Waals surface area (Å²) in [7, 11) is 0. The molecular formula is C17H12Cl2F3NO3. The molecule has 0 radical (unpaired) electrons. The third kappa shape index (κ3) is 5.37. The van der Waals surface area contributed by atoms with Crippen LogP contribution in [0.15, 0.2) is 42.5 Å². The minimum Gasteiger partial charge on any atom is -0.449 e. The molecule has 0 saturated carbocycles. The van der Waals surface area contributed by atoms with Gasteiger partial charge in [0.15, 0.2) is 6.10 Å². The fourth-order valence-electron chi connectivity index (χ4n) is 1.94. The van der Waals surface area contributed by atoms with Gasteiger partial charge in [0, 0.05) is 15.7 Å². The quantitative estimate of drug-likeness (QED) is 0.711. The average Bonchev–Trinajstić information content (AvgIpc) is 2.53. The smallest absolute Gasteiger partial charge is 0.416 e. The van der Waals surface area contributed by atoms with E-state index in [9.17, 15) is 22.8 Å². The standard InChI is InChI=1S/C17H12Cl2F3NO3/c1-9(26-16(25)10-6-12(18)8-13(19)7-10)15(24)23-14-4-2-11(3-5-14)17(20,21)22/h2-9H,1H3,(H,23,24)/t9-/m1/s1. The van der Waals surface area contributed by atoms with Crippen LogP contribution in [0, 0.1) is 0 Å². The van der Waals surface area contributed by atoms with Crippen LogP contribution >= 0.6 is 23.2 Å². The molecule has 2 aromatic carbocycles.